The average molecular weight is 427 g/mol. The van der Waals surface area contributed by atoms with Crippen LogP contribution in [0.1, 0.15) is 0 Å². The van der Waals surface area contributed by atoms with Gasteiger partial charge >= 0.3 is 0 Å². The molecule has 0 spiro atoms. The molecule has 3 rings (SSSR count). The third-order valence-corrected chi connectivity index (χ3v) is 4.33. The van der Waals surface area contributed by atoms with Crippen molar-refractivity contribution in [1.82, 2.24) is 14.7 Å². The zero-order chi connectivity index (χ0) is 15.1. The van der Waals surface area contributed by atoms with Gasteiger partial charge in [-0.3, -0.25) is 0 Å². The predicted molar refractivity (Wildman–Crippen MR) is 81.6 cm³/mol. The van der Waals surface area contributed by atoms with E-state index in [2.05, 4.69) is 32.6 Å². The molecule has 1 aliphatic heterocycles. The second-order valence-corrected chi connectivity index (χ2v) is 6.05. The number of aliphatic hydroxyl groups excluding tert-OH is 2. The Balaban J connectivity index is 1.91. The maximum Gasteiger partial charge on any atom is 0.254 e. The van der Waals surface area contributed by atoms with Crippen LogP contribution in [0.4, 0.5) is 0 Å². The molecule has 0 radical (unpaired) electrons. The van der Waals surface area contributed by atoms with Crippen LogP contribution in [0.2, 0.25) is 5.15 Å². The highest BCUT2D eigenvalue weighted by molar-refractivity contribution is 14.1. The van der Waals surface area contributed by atoms with Gasteiger partial charge in [-0.05, 0) is 22.6 Å². The van der Waals surface area contributed by atoms with E-state index in [0.717, 1.165) is 3.57 Å². The smallest absolute Gasteiger partial charge is 0.254 e. The molecule has 3 heterocycles. The summed E-state index contributed by atoms with van der Waals surface area (Å²) in [5.74, 6) is 0. The first-order valence-corrected chi connectivity index (χ1v) is 7.54. The maximum atomic E-state index is 9.92. The molecule has 0 bridgehead atoms. The summed E-state index contributed by atoms with van der Waals surface area (Å²) in [5.41, 5.74) is 5.90. The number of halogens is 2. The summed E-state index contributed by atoms with van der Waals surface area (Å²) in [6.45, 7) is 0.0794. The summed E-state index contributed by atoms with van der Waals surface area (Å²) in [7, 11) is 0. The molecule has 21 heavy (non-hydrogen) atoms. The lowest BCUT2D eigenvalue weighted by atomic mass is 10.1. The van der Waals surface area contributed by atoms with Gasteiger partial charge in [0.2, 0.25) is 0 Å². The first kappa shape index (κ1) is 15.2. The van der Waals surface area contributed by atoms with Gasteiger partial charge in [0.1, 0.15) is 29.8 Å². The van der Waals surface area contributed by atoms with Gasteiger partial charge in [-0.25, -0.2) is 9.97 Å². The van der Waals surface area contributed by atoms with Crippen LogP contribution in [0.15, 0.2) is 12.5 Å². The van der Waals surface area contributed by atoms with Gasteiger partial charge < -0.3 is 25.5 Å². The molecule has 4 atom stereocenters. The molecule has 10 heteroatoms. The SMILES string of the molecule is NC[C@H]1O[C@@H](On2cc(I)c3c(Cl)ncnc32)[C@H](O)[C@@H]1O. The number of aliphatic hydroxyl groups is 2. The lowest BCUT2D eigenvalue weighted by Gasteiger charge is -2.17. The van der Waals surface area contributed by atoms with E-state index < -0.39 is 24.6 Å². The minimum absolute atomic E-state index is 0.0794. The summed E-state index contributed by atoms with van der Waals surface area (Å²) < 4.78 is 7.51. The van der Waals surface area contributed by atoms with Gasteiger partial charge in [0.05, 0.1) is 11.6 Å². The van der Waals surface area contributed by atoms with Crippen LogP contribution < -0.4 is 10.6 Å². The van der Waals surface area contributed by atoms with Crippen LogP contribution in [-0.4, -0.2) is 56.1 Å². The molecule has 0 amide bonds. The minimum atomic E-state index is -1.20. The van der Waals surface area contributed by atoms with E-state index in [1.807, 2.05) is 0 Å². The molecular weight excluding hydrogens is 415 g/mol. The monoisotopic (exact) mass is 426 g/mol. The van der Waals surface area contributed by atoms with Gasteiger partial charge in [-0.15, -0.1) is 0 Å². The van der Waals surface area contributed by atoms with Crippen molar-refractivity contribution in [1.29, 1.82) is 0 Å². The first-order valence-electron chi connectivity index (χ1n) is 6.08. The molecule has 2 aromatic rings. The van der Waals surface area contributed by atoms with Gasteiger partial charge in [0.25, 0.3) is 6.29 Å². The highest BCUT2D eigenvalue weighted by atomic mass is 127. The van der Waals surface area contributed by atoms with Crippen molar-refractivity contribution in [2.75, 3.05) is 6.54 Å². The lowest BCUT2D eigenvalue weighted by molar-refractivity contribution is -0.163. The van der Waals surface area contributed by atoms with Crippen molar-refractivity contribution in [3.8, 4) is 0 Å². The molecule has 8 nitrogen and oxygen atoms in total. The largest absolute Gasteiger partial charge is 0.387 e. The molecule has 2 aromatic heterocycles. The fraction of sp³-hybridized carbons (Fsp3) is 0.455. The number of fused-ring (bicyclic) bond motifs is 1. The van der Waals surface area contributed by atoms with Gasteiger partial charge in [-0.2, -0.15) is 4.73 Å². The van der Waals surface area contributed by atoms with Crippen LogP contribution >= 0.6 is 34.2 Å². The zero-order valence-corrected chi connectivity index (χ0v) is 13.5. The van der Waals surface area contributed by atoms with Crippen molar-refractivity contribution in [2.24, 2.45) is 5.73 Å². The zero-order valence-electron chi connectivity index (χ0n) is 10.6. The Bertz CT molecular complexity index is 669. The van der Waals surface area contributed by atoms with Gasteiger partial charge in [0, 0.05) is 10.1 Å². The van der Waals surface area contributed by atoms with E-state index in [4.69, 9.17) is 26.9 Å². The van der Waals surface area contributed by atoms with E-state index in [1.165, 1.54) is 11.1 Å². The number of hydrogen-bond donors (Lipinski definition) is 3. The maximum absolute atomic E-state index is 9.92. The Labute approximate surface area is 137 Å². The second-order valence-electron chi connectivity index (χ2n) is 4.53. The predicted octanol–water partition coefficient (Wildman–Crippen LogP) is -0.477. The van der Waals surface area contributed by atoms with E-state index in [0.29, 0.717) is 16.2 Å². The van der Waals surface area contributed by atoms with E-state index >= 15 is 0 Å². The normalized spacial score (nSPS) is 29.2. The van der Waals surface area contributed by atoms with Gasteiger partial charge in [0.15, 0.2) is 5.65 Å². The number of rotatable bonds is 3. The molecular formula is C11H12ClIN4O4. The standard InChI is InChI=1S/C11H12ClIN4O4/c12-9-6-4(13)2-17(10(6)16-3-15-9)21-11-8(19)7(18)5(1-14)20-11/h2-3,5,7-8,11,18-19H,1,14H2/t5-,7-,8-,11+/m1/s1. The van der Waals surface area contributed by atoms with Crippen LogP contribution in [0.25, 0.3) is 11.0 Å². The van der Waals surface area contributed by atoms with Crippen LogP contribution in [0.3, 0.4) is 0 Å². The third-order valence-electron chi connectivity index (χ3n) is 3.23. The van der Waals surface area contributed by atoms with Crippen molar-refractivity contribution in [2.45, 2.75) is 24.6 Å². The Morgan fingerprint density at radius 3 is 2.86 bits per heavy atom. The number of aromatic nitrogens is 3. The van der Waals surface area contributed by atoms with Crippen molar-refractivity contribution in [3.05, 3.63) is 21.2 Å². The number of nitrogens with two attached hydrogens (primary N) is 1. The van der Waals surface area contributed by atoms with Crippen LogP contribution in [-0.2, 0) is 4.74 Å². The van der Waals surface area contributed by atoms with Crippen LogP contribution in [0, 0.1) is 3.57 Å². The number of hydrogen-bond acceptors (Lipinski definition) is 7. The van der Waals surface area contributed by atoms with E-state index in [-0.39, 0.29) is 6.54 Å². The Kier molecular flexibility index (Phi) is 4.21. The Morgan fingerprint density at radius 1 is 1.43 bits per heavy atom. The van der Waals surface area contributed by atoms with Crippen molar-refractivity contribution >= 4 is 45.2 Å². The Hall–Kier alpha value is -0.720. The molecule has 114 valence electrons. The lowest BCUT2D eigenvalue weighted by Crippen LogP contribution is -2.38. The van der Waals surface area contributed by atoms with Gasteiger partial charge in [-0.1, -0.05) is 11.6 Å². The summed E-state index contributed by atoms with van der Waals surface area (Å²) in [6.07, 6.45) is -1.07. The van der Waals surface area contributed by atoms with E-state index in [9.17, 15) is 10.2 Å². The summed E-state index contributed by atoms with van der Waals surface area (Å²) in [4.78, 5) is 13.6. The summed E-state index contributed by atoms with van der Waals surface area (Å²) in [6, 6.07) is 0. The molecule has 0 aliphatic carbocycles. The minimum Gasteiger partial charge on any atom is -0.387 e. The molecule has 0 saturated carbocycles. The van der Waals surface area contributed by atoms with E-state index in [1.54, 1.807) is 6.20 Å². The summed E-state index contributed by atoms with van der Waals surface area (Å²) >= 11 is 8.10. The fourth-order valence-corrected chi connectivity index (χ4v) is 3.28. The highest BCUT2D eigenvalue weighted by Crippen LogP contribution is 2.27. The third kappa shape index (κ3) is 2.58. The number of nitrogens with zero attached hydrogens (tertiary/aromatic N) is 3. The quantitative estimate of drug-likeness (QED) is 0.449. The molecule has 0 unspecified atom stereocenters. The van der Waals surface area contributed by atoms with Crippen molar-refractivity contribution in [3.63, 3.8) is 0 Å². The fourth-order valence-electron chi connectivity index (χ4n) is 2.15. The number of ether oxygens (including phenoxy) is 1. The topological polar surface area (TPSA) is 116 Å². The molecule has 0 aromatic carbocycles. The summed E-state index contributed by atoms with van der Waals surface area (Å²) in [5, 5.41) is 20.6. The highest BCUT2D eigenvalue weighted by Gasteiger charge is 2.44. The first-order chi connectivity index (χ1) is 10.0. The molecule has 1 saturated heterocycles. The van der Waals surface area contributed by atoms with Crippen molar-refractivity contribution < 1.29 is 19.8 Å². The second kappa shape index (κ2) is 5.82. The Morgan fingerprint density at radius 2 is 2.19 bits per heavy atom. The molecule has 1 fully saturated rings. The molecule has 4 N–H and O–H groups in total. The molecule has 1 aliphatic rings. The van der Waals surface area contributed by atoms with Crippen LogP contribution in [0.5, 0.6) is 0 Å². The average Bonchev–Trinajstić information content (AvgIpc) is 2.92.